The summed E-state index contributed by atoms with van der Waals surface area (Å²) in [6.07, 6.45) is 6.01. The molecule has 2 aromatic rings. The maximum absolute atomic E-state index is 4.05. The maximum atomic E-state index is 4.05. The third-order valence-corrected chi connectivity index (χ3v) is 4.63. The van der Waals surface area contributed by atoms with Crippen LogP contribution in [0.15, 0.2) is 53.7 Å². The van der Waals surface area contributed by atoms with Crippen LogP contribution < -0.4 is 5.32 Å². The zero-order valence-electron chi connectivity index (χ0n) is 10.9. The highest BCUT2D eigenvalue weighted by atomic mass is 32.2. The minimum absolute atomic E-state index is 0.513. The van der Waals surface area contributed by atoms with Crippen LogP contribution >= 0.6 is 11.8 Å². The van der Waals surface area contributed by atoms with Gasteiger partial charge in [0.25, 0.3) is 0 Å². The van der Waals surface area contributed by atoms with Crippen molar-refractivity contribution in [2.75, 3.05) is 12.3 Å². The lowest BCUT2D eigenvalue weighted by Crippen LogP contribution is -2.26. The van der Waals surface area contributed by atoms with E-state index in [0.29, 0.717) is 6.04 Å². The van der Waals surface area contributed by atoms with Gasteiger partial charge in [0.05, 0.1) is 0 Å². The topological polar surface area (TPSA) is 24.9 Å². The Morgan fingerprint density at radius 3 is 2.89 bits per heavy atom. The van der Waals surface area contributed by atoms with Crippen molar-refractivity contribution in [3.8, 4) is 0 Å². The van der Waals surface area contributed by atoms with Crippen molar-refractivity contribution in [3.05, 3.63) is 59.9 Å². The summed E-state index contributed by atoms with van der Waals surface area (Å²) in [6.45, 7) is 1.02. The number of hydrogen-bond donors (Lipinski definition) is 1. The van der Waals surface area contributed by atoms with Gasteiger partial charge in [-0.05, 0) is 54.5 Å². The molecule has 0 spiro atoms. The van der Waals surface area contributed by atoms with Crippen LogP contribution in [0.25, 0.3) is 0 Å². The molecular weight excluding hydrogens is 252 g/mol. The molecule has 1 aromatic heterocycles. The first-order valence-corrected chi connectivity index (χ1v) is 7.76. The second-order valence-electron chi connectivity index (χ2n) is 4.79. The van der Waals surface area contributed by atoms with Crippen molar-refractivity contribution in [1.82, 2.24) is 10.3 Å². The highest BCUT2D eigenvalue weighted by molar-refractivity contribution is 7.99. The first-order chi connectivity index (χ1) is 9.43. The van der Waals surface area contributed by atoms with Gasteiger partial charge in [-0.2, -0.15) is 0 Å². The highest BCUT2D eigenvalue weighted by Crippen LogP contribution is 2.35. The Balaban J connectivity index is 1.59. The number of benzene rings is 1. The largest absolute Gasteiger partial charge is 0.310 e. The fourth-order valence-electron chi connectivity index (χ4n) is 2.49. The number of pyridine rings is 1. The fraction of sp³-hybridized carbons (Fsp3) is 0.312. The third kappa shape index (κ3) is 3.17. The van der Waals surface area contributed by atoms with E-state index >= 15 is 0 Å². The molecule has 0 saturated heterocycles. The van der Waals surface area contributed by atoms with Gasteiger partial charge in [-0.3, -0.25) is 4.98 Å². The first-order valence-electron chi connectivity index (χ1n) is 6.77. The van der Waals surface area contributed by atoms with Gasteiger partial charge in [0, 0.05) is 23.3 Å². The predicted octanol–water partition coefficient (Wildman–Crippen LogP) is 3.45. The van der Waals surface area contributed by atoms with Crippen molar-refractivity contribution < 1.29 is 0 Å². The van der Waals surface area contributed by atoms with E-state index < -0.39 is 0 Å². The molecule has 1 aliphatic heterocycles. The Bertz CT molecular complexity index is 527. The molecule has 0 fully saturated rings. The van der Waals surface area contributed by atoms with E-state index in [9.17, 15) is 0 Å². The first kappa shape index (κ1) is 12.7. The van der Waals surface area contributed by atoms with E-state index in [1.165, 1.54) is 28.2 Å². The summed E-state index contributed by atoms with van der Waals surface area (Å²) < 4.78 is 0. The molecule has 0 bridgehead atoms. The molecule has 2 nitrogen and oxygen atoms in total. The van der Waals surface area contributed by atoms with Crippen LogP contribution in [0.1, 0.15) is 23.6 Å². The number of thioether (sulfide) groups is 1. The quantitative estimate of drug-likeness (QED) is 0.921. The van der Waals surface area contributed by atoms with Crippen molar-refractivity contribution >= 4 is 11.8 Å². The molecule has 19 heavy (non-hydrogen) atoms. The number of hydrogen-bond acceptors (Lipinski definition) is 3. The van der Waals surface area contributed by atoms with Gasteiger partial charge in [0.1, 0.15) is 0 Å². The lowest BCUT2D eigenvalue weighted by atomic mass is 10.0. The Morgan fingerprint density at radius 1 is 1.16 bits per heavy atom. The normalized spacial score (nSPS) is 18.0. The molecule has 0 saturated carbocycles. The van der Waals surface area contributed by atoms with Crippen molar-refractivity contribution in [2.24, 2.45) is 0 Å². The molecule has 0 amide bonds. The number of aromatic nitrogens is 1. The van der Waals surface area contributed by atoms with E-state index in [0.717, 1.165) is 13.0 Å². The summed E-state index contributed by atoms with van der Waals surface area (Å²) in [5.74, 6) is 1.21. The molecule has 1 atom stereocenters. The highest BCUT2D eigenvalue weighted by Gasteiger charge is 2.19. The second kappa shape index (κ2) is 6.22. The van der Waals surface area contributed by atoms with Gasteiger partial charge in [0.15, 0.2) is 0 Å². The lowest BCUT2D eigenvalue weighted by molar-refractivity contribution is 0.514. The number of fused-ring (bicyclic) bond motifs is 1. The van der Waals surface area contributed by atoms with Crippen molar-refractivity contribution in [1.29, 1.82) is 0 Å². The molecular formula is C16H18N2S. The van der Waals surface area contributed by atoms with E-state index in [4.69, 9.17) is 0 Å². The van der Waals surface area contributed by atoms with Crippen LogP contribution in [0.4, 0.5) is 0 Å². The van der Waals surface area contributed by atoms with Crippen LogP contribution in [0.5, 0.6) is 0 Å². The van der Waals surface area contributed by atoms with Crippen LogP contribution in [-0.4, -0.2) is 17.3 Å². The summed E-state index contributed by atoms with van der Waals surface area (Å²) in [5, 5.41) is 3.69. The van der Waals surface area contributed by atoms with Gasteiger partial charge >= 0.3 is 0 Å². The molecule has 1 aromatic carbocycles. The average molecular weight is 270 g/mol. The Kier molecular flexibility index (Phi) is 4.16. The average Bonchev–Trinajstić information content (AvgIpc) is 2.49. The molecule has 2 heterocycles. The molecule has 0 radical (unpaired) electrons. The molecule has 1 N–H and O–H groups in total. The molecule has 98 valence electrons. The SMILES string of the molecule is c1ccc2c(c1)SCCC2NCCc1ccncc1. The minimum Gasteiger partial charge on any atom is -0.310 e. The fourth-order valence-corrected chi connectivity index (χ4v) is 3.62. The van der Waals surface area contributed by atoms with E-state index in [2.05, 4.69) is 46.7 Å². The summed E-state index contributed by atoms with van der Waals surface area (Å²) in [7, 11) is 0. The molecule has 1 unspecified atom stereocenters. The molecule has 0 aliphatic carbocycles. The van der Waals surface area contributed by atoms with Gasteiger partial charge in [-0.1, -0.05) is 18.2 Å². The van der Waals surface area contributed by atoms with Crippen molar-refractivity contribution in [2.45, 2.75) is 23.8 Å². The standard InChI is InChI=1S/C16H18N2S/c1-2-4-16-14(3-1)15(8-12-19-16)18-11-7-13-5-9-17-10-6-13/h1-6,9-10,15,18H,7-8,11-12H2. The summed E-state index contributed by atoms with van der Waals surface area (Å²) in [6, 6.07) is 13.5. The number of rotatable bonds is 4. The monoisotopic (exact) mass is 270 g/mol. The third-order valence-electron chi connectivity index (χ3n) is 3.51. The second-order valence-corrected chi connectivity index (χ2v) is 5.92. The maximum Gasteiger partial charge on any atom is 0.0339 e. The number of nitrogens with one attached hydrogen (secondary N) is 1. The van der Waals surface area contributed by atoms with E-state index in [1.54, 1.807) is 0 Å². The lowest BCUT2D eigenvalue weighted by Gasteiger charge is -2.26. The van der Waals surface area contributed by atoms with Gasteiger partial charge < -0.3 is 5.32 Å². The Hall–Kier alpha value is -1.32. The molecule has 3 rings (SSSR count). The van der Waals surface area contributed by atoms with Gasteiger partial charge in [-0.25, -0.2) is 0 Å². The van der Waals surface area contributed by atoms with Crippen LogP contribution in [-0.2, 0) is 6.42 Å². The number of nitrogens with zero attached hydrogens (tertiary/aromatic N) is 1. The predicted molar refractivity (Wildman–Crippen MR) is 80.5 cm³/mol. The summed E-state index contributed by atoms with van der Waals surface area (Å²) in [4.78, 5) is 5.49. The Labute approximate surface area is 118 Å². The van der Waals surface area contributed by atoms with Gasteiger partial charge in [-0.15, -0.1) is 11.8 Å². The zero-order chi connectivity index (χ0) is 12.9. The Morgan fingerprint density at radius 2 is 2.00 bits per heavy atom. The summed E-state index contributed by atoms with van der Waals surface area (Å²) >= 11 is 1.97. The molecule has 3 heteroatoms. The summed E-state index contributed by atoms with van der Waals surface area (Å²) in [5.41, 5.74) is 2.81. The van der Waals surface area contributed by atoms with Gasteiger partial charge in [0.2, 0.25) is 0 Å². The van der Waals surface area contributed by atoms with Crippen LogP contribution in [0.2, 0.25) is 0 Å². The smallest absolute Gasteiger partial charge is 0.0339 e. The van der Waals surface area contributed by atoms with E-state index in [1.807, 2.05) is 24.2 Å². The van der Waals surface area contributed by atoms with Crippen molar-refractivity contribution in [3.63, 3.8) is 0 Å². The van der Waals surface area contributed by atoms with Crippen LogP contribution in [0, 0.1) is 0 Å². The minimum atomic E-state index is 0.513. The zero-order valence-corrected chi connectivity index (χ0v) is 11.7. The van der Waals surface area contributed by atoms with E-state index in [-0.39, 0.29) is 0 Å². The van der Waals surface area contributed by atoms with Crippen LogP contribution in [0.3, 0.4) is 0 Å². The molecule has 1 aliphatic rings.